The zero-order valence-corrected chi connectivity index (χ0v) is 11.7. The first-order valence-corrected chi connectivity index (χ1v) is 7.51. The Morgan fingerprint density at radius 1 is 1.32 bits per heavy atom. The summed E-state index contributed by atoms with van der Waals surface area (Å²) in [6.07, 6.45) is 2.38. The molecule has 0 unspecified atom stereocenters. The smallest absolute Gasteiger partial charge is 0.144 e. The second kappa shape index (κ2) is 3.99. The zero-order chi connectivity index (χ0) is 13.0. The molecule has 2 heterocycles. The monoisotopic (exact) mass is 289 g/mol. The van der Waals surface area contributed by atoms with E-state index in [0.717, 1.165) is 32.4 Å². The molecule has 1 aliphatic carbocycles. The van der Waals surface area contributed by atoms with Crippen molar-refractivity contribution in [2.45, 2.75) is 18.9 Å². The van der Waals surface area contributed by atoms with Crippen LogP contribution in [0, 0.1) is 0 Å². The Bertz CT molecular complexity index is 770. The van der Waals surface area contributed by atoms with E-state index in [9.17, 15) is 0 Å². The molecule has 0 atom stereocenters. The third-order valence-corrected chi connectivity index (χ3v) is 4.56. The summed E-state index contributed by atoms with van der Waals surface area (Å²) in [5, 5.41) is 3.58. The van der Waals surface area contributed by atoms with Crippen molar-refractivity contribution < 1.29 is 0 Å². The molecular formula is C14H12ClN3S. The van der Waals surface area contributed by atoms with Gasteiger partial charge in [-0.2, -0.15) is 0 Å². The van der Waals surface area contributed by atoms with E-state index < -0.39 is 0 Å². The van der Waals surface area contributed by atoms with Crippen molar-refractivity contribution >= 4 is 39.0 Å². The summed E-state index contributed by atoms with van der Waals surface area (Å²) in [7, 11) is 0. The zero-order valence-electron chi connectivity index (χ0n) is 10.1. The van der Waals surface area contributed by atoms with Crippen molar-refractivity contribution in [3.05, 3.63) is 34.7 Å². The molecule has 1 fully saturated rings. The van der Waals surface area contributed by atoms with Gasteiger partial charge in [0, 0.05) is 6.04 Å². The van der Waals surface area contributed by atoms with Crippen LogP contribution in [0.5, 0.6) is 0 Å². The molecule has 1 aliphatic rings. The Balaban J connectivity index is 2.08. The Morgan fingerprint density at radius 3 is 2.84 bits per heavy atom. The molecule has 0 amide bonds. The Kier molecular flexibility index (Phi) is 2.37. The standard InChI is InChI=1S/C14H12ClN3S/c15-10-2-1-3-11-12(10)18(8-4-5-8)14(17-11)9-6-7-19-13(9)16/h1-3,6-8H,4-5,16H2. The normalized spacial score (nSPS) is 15.2. The van der Waals surface area contributed by atoms with Crippen LogP contribution in [0.3, 0.4) is 0 Å². The number of nitrogens with zero attached hydrogens (tertiary/aromatic N) is 2. The predicted octanol–water partition coefficient (Wildman–Crippen LogP) is 4.34. The fraction of sp³-hybridized carbons (Fsp3) is 0.214. The molecule has 96 valence electrons. The van der Waals surface area contributed by atoms with Gasteiger partial charge in [-0.25, -0.2) is 4.98 Å². The van der Waals surface area contributed by atoms with E-state index in [2.05, 4.69) is 4.57 Å². The molecule has 4 rings (SSSR count). The van der Waals surface area contributed by atoms with Crippen molar-refractivity contribution in [1.82, 2.24) is 9.55 Å². The number of imidazole rings is 1. The van der Waals surface area contributed by atoms with Crippen LogP contribution in [0.25, 0.3) is 22.4 Å². The molecule has 3 aromatic rings. The number of fused-ring (bicyclic) bond motifs is 1. The summed E-state index contributed by atoms with van der Waals surface area (Å²) < 4.78 is 2.26. The number of aromatic nitrogens is 2. The molecule has 2 N–H and O–H groups in total. The molecule has 0 aliphatic heterocycles. The first-order valence-electron chi connectivity index (χ1n) is 6.25. The van der Waals surface area contributed by atoms with Crippen LogP contribution in [-0.4, -0.2) is 9.55 Å². The van der Waals surface area contributed by atoms with Gasteiger partial charge in [-0.15, -0.1) is 11.3 Å². The molecule has 0 saturated heterocycles. The highest BCUT2D eigenvalue weighted by Gasteiger charge is 2.30. The van der Waals surface area contributed by atoms with Crippen LogP contribution in [0.15, 0.2) is 29.6 Å². The van der Waals surface area contributed by atoms with Crippen LogP contribution in [0.4, 0.5) is 5.00 Å². The molecule has 1 saturated carbocycles. The van der Waals surface area contributed by atoms with Gasteiger partial charge >= 0.3 is 0 Å². The van der Waals surface area contributed by atoms with E-state index in [1.807, 2.05) is 29.6 Å². The van der Waals surface area contributed by atoms with Crippen molar-refractivity contribution in [2.75, 3.05) is 5.73 Å². The predicted molar refractivity (Wildman–Crippen MR) is 80.7 cm³/mol. The number of hydrogen-bond donors (Lipinski definition) is 1. The van der Waals surface area contributed by atoms with E-state index in [-0.39, 0.29) is 0 Å². The van der Waals surface area contributed by atoms with Crippen LogP contribution in [0.2, 0.25) is 5.02 Å². The highest BCUT2D eigenvalue weighted by molar-refractivity contribution is 7.14. The Hall–Kier alpha value is -1.52. The van der Waals surface area contributed by atoms with Crippen molar-refractivity contribution in [1.29, 1.82) is 0 Å². The first kappa shape index (κ1) is 11.3. The van der Waals surface area contributed by atoms with Gasteiger partial charge in [0.1, 0.15) is 5.82 Å². The largest absolute Gasteiger partial charge is 0.390 e. The van der Waals surface area contributed by atoms with Crippen LogP contribution in [0.1, 0.15) is 18.9 Å². The number of nitrogens with two attached hydrogens (primary N) is 1. The number of benzene rings is 1. The van der Waals surface area contributed by atoms with E-state index in [1.54, 1.807) is 11.3 Å². The molecule has 19 heavy (non-hydrogen) atoms. The van der Waals surface area contributed by atoms with Gasteiger partial charge in [0.15, 0.2) is 0 Å². The maximum absolute atomic E-state index is 6.36. The van der Waals surface area contributed by atoms with E-state index in [4.69, 9.17) is 22.3 Å². The van der Waals surface area contributed by atoms with E-state index >= 15 is 0 Å². The van der Waals surface area contributed by atoms with Gasteiger partial charge < -0.3 is 10.3 Å². The van der Waals surface area contributed by atoms with E-state index in [0.29, 0.717) is 6.04 Å². The van der Waals surface area contributed by atoms with E-state index in [1.165, 1.54) is 12.8 Å². The highest BCUT2D eigenvalue weighted by Crippen LogP contribution is 2.44. The molecule has 0 spiro atoms. The number of halogens is 1. The van der Waals surface area contributed by atoms with Crippen LogP contribution in [-0.2, 0) is 0 Å². The van der Waals surface area contributed by atoms with Crippen molar-refractivity contribution in [2.24, 2.45) is 0 Å². The average molecular weight is 290 g/mol. The lowest BCUT2D eigenvalue weighted by Gasteiger charge is -2.07. The van der Waals surface area contributed by atoms with Gasteiger partial charge in [0.05, 0.1) is 26.6 Å². The maximum atomic E-state index is 6.36. The van der Waals surface area contributed by atoms with Gasteiger partial charge in [-0.1, -0.05) is 17.7 Å². The van der Waals surface area contributed by atoms with Gasteiger partial charge in [0.2, 0.25) is 0 Å². The third-order valence-electron chi connectivity index (χ3n) is 3.51. The number of anilines is 1. The quantitative estimate of drug-likeness (QED) is 0.763. The number of para-hydroxylation sites is 1. The Morgan fingerprint density at radius 2 is 2.16 bits per heavy atom. The topological polar surface area (TPSA) is 43.8 Å². The molecular weight excluding hydrogens is 278 g/mol. The second-order valence-corrected chi connectivity index (χ2v) is 6.20. The summed E-state index contributed by atoms with van der Waals surface area (Å²) in [5.41, 5.74) is 9.05. The fourth-order valence-corrected chi connectivity index (χ4v) is 3.39. The number of thiophene rings is 1. The van der Waals surface area contributed by atoms with Crippen LogP contribution < -0.4 is 5.73 Å². The molecule has 0 bridgehead atoms. The first-order chi connectivity index (χ1) is 9.25. The minimum Gasteiger partial charge on any atom is -0.390 e. The number of hydrogen-bond acceptors (Lipinski definition) is 3. The average Bonchev–Trinajstić information content (AvgIpc) is 3.02. The van der Waals surface area contributed by atoms with Crippen molar-refractivity contribution in [3.63, 3.8) is 0 Å². The minimum atomic E-state index is 0.513. The Labute approximate surface area is 119 Å². The molecule has 2 aromatic heterocycles. The third kappa shape index (κ3) is 1.67. The lowest BCUT2D eigenvalue weighted by molar-refractivity contribution is 0.776. The fourth-order valence-electron chi connectivity index (χ4n) is 2.49. The van der Waals surface area contributed by atoms with Crippen molar-refractivity contribution in [3.8, 4) is 11.4 Å². The SMILES string of the molecule is Nc1sccc1-c1nc2cccc(Cl)c2n1C1CC1. The van der Waals surface area contributed by atoms with Gasteiger partial charge in [-0.3, -0.25) is 0 Å². The van der Waals surface area contributed by atoms with Crippen LogP contribution >= 0.6 is 22.9 Å². The molecule has 1 aromatic carbocycles. The number of rotatable bonds is 2. The van der Waals surface area contributed by atoms with Gasteiger partial charge in [-0.05, 0) is 36.4 Å². The highest BCUT2D eigenvalue weighted by atomic mass is 35.5. The molecule has 3 nitrogen and oxygen atoms in total. The summed E-state index contributed by atoms with van der Waals surface area (Å²) in [5.74, 6) is 0.948. The maximum Gasteiger partial charge on any atom is 0.144 e. The summed E-state index contributed by atoms with van der Waals surface area (Å²) in [6.45, 7) is 0. The summed E-state index contributed by atoms with van der Waals surface area (Å²) in [4.78, 5) is 4.74. The number of nitrogen functional groups attached to an aromatic ring is 1. The summed E-state index contributed by atoms with van der Waals surface area (Å²) >= 11 is 7.90. The second-order valence-electron chi connectivity index (χ2n) is 4.84. The summed E-state index contributed by atoms with van der Waals surface area (Å²) in [6, 6.07) is 8.42. The lowest BCUT2D eigenvalue weighted by Crippen LogP contribution is -1.98. The molecule has 5 heteroatoms. The lowest BCUT2D eigenvalue weighted by atomic mass is 10.3. The van der Waals surface area contributed by atoms with Gasteiger partial charge in [0.25, 0.3) is 0 Å². The molecule has 0 radical (unpaired) electrons. The minimum absolute atomic E-state index is 0.513.